The number of carbonyl (C=O) groups is 1. The van der Waals surface area contributed by atoms with Gasteiger partial charge in [0.25, 0.3) is 0 Å². The first kappa shape index (κ1) is 14.4. The van der Waals surface area contributed by atoms with Crippen molar-refractivity contribution in [2.75, 3.05) is 12.3 Å². The summed E-state index contributed by atoms with van der Waals surface area (Å²) < 4.78 is 5.43. The smallest absolute Gasteiger partial charge is 0.410 e. The van der Waals surface area contributed by atoms with Crippen molar-refractivity contribution < 1.29 is 9.53 Å². The molecule has 1 aromatic heterocycles. The molecular formula is C17H19N3O2. The molecule has 5 heteroatoms. The van der Waals surface area contributed by atoms with Crippen LogP contribution in [0.15, 0.2) is 48.7 Å². The van der Waals surface area contributed by atoms with Crippen molar-refractivity contribution in [3.8, 4) is 0 Å². The lowest BCUT2D eigenvalue weighted by Gasteiger charge is -2.24. The normalized spacial score (nSPS) is 17.5. The molecule has 1 unspecified atom stereocenters. The van der Waals surface area contributed by atoms with Gasteiger partial charge in [0.1, 0.15) is 12.4 Å². The molecule has 1 atom stereocenters. The van der Waals surface area contributed by atoms with E-state index in [9.17, 15) is 4.79 Å². The summed E-state index contributed by atoms with van der Waals surface area (Å²) in [6.45, 7) is 1.01. The van der Waals surface area contributed by atoms with Crippen LogP contribution in [0.25, 0.3) is 0 Å². The van der Waals surface area contributed by atoms with Gasteiger partial charge in [-0.2, -0.15) is 0 Å². The molecule has 0 saturated carbocycles. The highest BCUT2D eigenvalue weighted by molar-refractivity contribution is 5.68. The van der Waals surface area contributed by atoms with Gasteiger partial charge in [-0.15, -0.1) is 0 Å². The summed E-state index contributed by atoms with van der Waals surface area (Å²) in [5, 5.41) is 0. The predicted octanol–water partition coefficient (Wildman–Crippen LogP) is 3.14. The number of ether oxygens (including phenoxy) is 1. The standard InChI is InChI=1S/C17H19N3O2/c18-16-9-8-14(11-19-16)15-7-4-10-20(15)17(21)22-12-13-5-2-1-3-6-13/h1-3,5-6,8-9,11,15H,4,7,10,12H2,(H2,18,19). The van der Waals surface area contributed by atoms with Gasteiger partial charge in [-0.05, 0) is 30.0 Å². The predicted molar refractivity (Wildman–Crippen MR) is 84.0 cm³/mol. The summed E-state index contributed by atoms with van der Waals surface area (Å²) in [5.74, 6) is 0.486. The van der Waals surface area contributed by atoms with Crippen LogP contribution in [-0.2, 0) is 11.3 Å². The number of likely N-dealkylation sites (tertiary alicyclic amines) is 1. The number of aromatic nitrogens is 1. The number of anilines is 1. The van der Waals surface area contributed by atoms with Crippen molar-refractivity contribution in [3.63, 3.8) is 0 Å². The van der Waals surface area contributed by atoms with E-state index < -0.39 is 0 Å². The zero-order valence-corrected chi connectivity index (χ0v) is 12.3. The second kappa shape index (κ2) is 6.47. The van der Waals surface area contributed by atoms with Crippen molar-refractivity contribution in [1.82, 2.24) is 9.88 Å². The van der Waals surface area contributed by atoms with E-state index in [1.807, 2.05) is 36.4 Å². The number of pyridine rings is 1. The average Bonchev–Trinajstić information content (AvgIpc) is 3.04. The van der Waals surface area contributed by atoms with E-state index in [1.54, 1.807) is 17.2 Å². The van der Waals surface area contributed by atoms with Crippen LogP contribution < -0.4 is 5.73 Å². The third-order valence-corrected chi connectivity index (χ3v) is 3.89. The first-order valence-electron chi connectivity index (χ1n) is 7.43. The van der Waals surface area contributed by atoms with Crippen molar-refractivity contribution >= 4 is 11.9 Å². The zero-order chi connectivity index (χ0) is 15.4. The van der Waals surface area contributed by atoms with Gasteiger partial charge in [-0.25, -0.2) is 9.78 Å². The molecule has 2 N–H and O–H groups in total. The van der Waals surface area contributed by atoms with Crippen LogP contribution in [0.2, 0.25) is 0 Å². The monoisotopic (exact) mass is 297 g/mol. The molecule has 5 nitrogen and oxygen atoms in total. The SMILES string of the molecule is Nc1ccc(C2CCCN2C(=O)OCc2ccccc2)cn1. The van der Waals surface area contributed by atoms with Crippen LogP contribution in [0.3, 0.4) is 0 Å². The Morgan fingerprint density at radius 3 is 2.82 bits per heavy atom. The van der Waals surface area contributed by atoms with Crippen LogP contribution in [0, 0.1) is 0 Å². The Morgan fingerprint density at radius 2 is 2.09 bits per heavy atom. The second-order valence-corrected chi connectivity index (χ2v) is 5.41. The summed E-state index contributed by atoms with van der Waals surface area (Å²) in [7, 11) is 0. The Labute approximate surface area is 129 Å². The third-order valence-electron chi connectivity index (χ3n) is 3.89. The Morgan fingerprint density at radius 1 is 1.27 bits per heavy atom. The fourth-order valence-electron chi connectivity index (χ4n) is 2.75. The molecule has 1 aromatic carbocycles. The van der Waals surface area contributed by atoms with Crippen LogP contribution in [0.4, 0.5) is 10.6 Å². The minimum atomic E-state index is -0.275. The fourth-order valence-corrected chi connectivity index (χ4v) is 2.75. The van der Waals surface area contributed by atoms with E-state index in [-0.39, 0.29) is 12.1 Å². The molecule has 1 saturated heterocycles. The molecule has 1 amide bonds. The van der Waals surface area contributed by atoms with E-state index in [4.69, 9.17) is 10.5 Å². The number of nitrogen functional groups attached to an aromatic ring is 1. The van der Waals surface area contributed by atoms with Gasteiger partial charge in [-0.3, -0.25) is 0 Å². The van der Waals surface area contributed by atoms with E-state index in [2.05, 4.69) is 4.98 Å². The van der Waals surface area contributed by atoms with Crippen LogP contribution in [-0.4, -0.2) is 22.5 Å². The molecule has 22 heavy (non-hydrogen) atoms. The number of amides is 1. The number of carbonyl (C=O) groups excluding carboxylic acids is 1. The lowest BCUT2D eigenvalue weighted by Crippen LogP contribution is -2.31. The number of nitrogens with two attached hydrogens (primary N) is 1. The average molecular weight is 297 g/mol. The Balaban J connectivity index is 1.65. The van der Waals surface area contributed by atoms with Crippen molar-refractivity contribution in [1.29, 1.82) is 0 Å². The zero-order valence-electron chi connectivity index (χ0n) is 12.3. The number of benzene rings is 1. The molecule has 1 aliphatic heterocycles. The Hall–Kier alpha value is -2.56. The molecule has 1 fully saturated rings. The summed E-state index contributed by atoms with van der Waals surface area (Å²) in [6.07, 6.45) is 3.35. The van der Waals surface area contributed by atoms with Crippen LogP contribution >= 0.6 is 0 Å². The van der Waals surface area contributed by atoms with Gasteiger partial charge in [0, 0.05) is 12.7 Å². The summed E-state index contributed by atoms with van der Waals surface area (Å²) in [4.78, 5) is 18.2. The van der Waals surface area contributed by atoms with Gasteiger partial charge < -0.3 is 15.4 Å². The topological polar surface area (TPSA) is 68.5 Å². The quantitative estimate of drug-likeness (QED) is 0.945. The van der Waals surface area contributed by atoms with Crippen LogP contribution in [0.1, 0.15) is 30.0 Å². The molecule has 2 heterocycles. The Kier molecular flexibility index (Phi) is 4.23. The van der Waals surface area contributed by atoms with Gasteiger partial charge in [0.2, 0.25) is 0 Å². The molecule has 3 rings (SSSR count). The van der Waals surface area contributed by atoms with Crippen LogP contribution in [0.5, 0.6) is 0 Å². The number of hydrogen-bond acceptors (Lipinski definition) is 4. The highest BCUT2D eigenvalue weighted by atomic mass is 16.6. The maximum atomic E-state index is 12.3. The first-order valence-corrected chi connectivity index (χ1v) is 7.43. The largest absolute Gasteiger partial charge is 0.445 e. The van der Waals surface area contributed by atoms with Crippen molar-refractivity contribution in [3.05, 3.63) is 59.8 Å². The lowest BCUT2D eigenvalue weighted by molar-refractivity contribution is 0.0920. The van der Waals surface area contributed by atoms with Gasteiger partial charge in [0.15, 0.2) is 0 Å². The first-order chi connectivity index (χ1) is 10.7. The highest BCUT2D eigenvalue weighted by Gasteiger charge is 2.31. The van der Waals surface area contributed by atoms with E-state index in [0.29, 0.717) is 19.0 Å². The molecule has 114 valence electrons. The third kappa shape index (κ3) is 3.19. The molecule has 0 aliphatic carbocycles. The molecule has 0 spiro atoms. The summed E-state index contributed by atoms with van der Waals surface area (Å²) in [6, 6.07) is 13.4. The molecule has 1 aliphatic rings. The maximum absolute atomic E-state index is 12.3. The molecule has 0 radical (unpaired) electrons. The van der Waals surface area contributed by atoms with E-state index in [0.717, 1.165) is 24.0 Å². The number of nitrogens with zero attached hydrogens (tertiary/aromatic N) is 2. The number of hydrogen-bond donors (Lipinski definition) is 1. The van der Waals surface area contributed by atoms with Gasteiger partial charge >= 0.3 is 6.09 Å². The van der Waals surface area contributed by atoms with Crippen molar-refractivity contribution in [2.45, 2.75) is 25.5 Å². The van der Waals surface area contributed by atoms with Gasteiger partial charge in [0.05, 0.1) is 6.04 Å². The summed E-state index contributed by atoms with van der Waals surface area (Å²) >= 11 is 0. The molecule has 2 aromatic rings. The summed E-state index contributed by atoms with van der Waals surface area (Å²) in [5.41, 5.74) is 7.61. The fraction of sp³-hybridized carbons (Fsp3) is 0.294. The Bertz CT molecular complexity index is 628. The molecule has 0 bridgehead atoms. The lowest BCUT2D eigenvalue weighted by atomic mass is 10.1. The maximum Gasteiger partial charge on any atom is 0.410 e. The minimum absolute atomic E-state index is 0.0244. The van der Waals surface area contributed by atoms with E-state index in [1.165, 1.54) is 0 Å². The van der Waals surface area contributed by atoms with Crippen molar-refractivity contribution in [2.24, 2.45) is 0 Å². The molecular weight excluding hydrogens is 278 g/mol. The minimum Gasteiger partial charge on any atom is -0.445 e. The highest BCUT2D eigenvalue weighted by Crippen LogP contribution is 2.32. The number of rotatable bonds is 3. The van der Waals surface area contributed by atoms with Gasteiger partial charge in [-0.1, -0.05) is 36.4 Å². The second-order valence-electron chi connectivity index (χ2n) is 5.41. The van der Waals surface area contributed by atoms with E-state index >= 15 is 0 Å².